The molecule has 2 fully saturated rings. The highest BCUT2D eigenvalue weighted by atomic mass is 32.2. The molecule has 138 valence electrons. The minimum Gasteiger partial charge on any atom is -0.299 e. The zero-order valence-corrected chi connectivity index (χ0v) is 15.7. The summed E-state index contributed by atoms with van der Waals surface area (Å²) in [6, 6.07) is 12.9. The van der Waals surface area contributed by atoms with E-state index in [-0.39, 0.29) is 6.04 Å². The maximum absolute atomic E-state index is 12.4. The lowest BCUT2D eigenvalue weighted by atomic mass is 9.60. The first-order valence-electron chi connectivity index (χ1n) is 9.23. The van der Waals surface area contributed by atoms with Crippen molar-refractivity contribution >= 4 is 10.0 Å². The predicted molar refractivity (Wildman–Crippen MR) is 101 cm³/mol. The van der Waals surface area contributed by atoms with E-state index in [1.165, 1.54) is 5.56 Å². The van der Waals surface area contributed by atoms with Crippen molar-refractivity contribution in [1.29, 1.82) is 0 Å². The van der Waals surface area contributed by atoms with E-state index in [1.54, 1.807) is 24.3 Å². The SMILES string of the molecule is O=S(=O)(NC1CC2(CCN(Cc3ccncc3)CC2)C1)c1ccccc1. The molecule has 4 rings (SSSR count). The Bertz CT molecular complexity index is 824. The molecule has 0 radical (unpaired) electrons. The van der Waals surface area contributed by atoms with Crippen LogP contribution in [0.15, 0.2) is 59.8 Å². The molecule has 0 atom stereocenters. The van der Waals surface area contributed by atoms with E-state index < -0.39 is 10.0 Å². The third kappa shape index (κ3) is 3.82. The molecule has 5 nitrogen and oxygen atoms in total. The van der Waals surface area contributed by atoms with Crippen LogP contribution in [0, 0.1) is 5.41 Å². The van der Waals surface area contributed by atoms with Crippen molar-refractivity contribution in [2.24, 2.45) is 5.41 Å². The number of rotatable bonds is 5. The lowest BCUT2D eigenvalue weighted by Crippen LogP contribution is -2.54. The van der Waals surface area contributed by atoms with E-state index in [4.69, 9.17) is 0 Å². The van der Waals surface area contributed by atoms with Gasteiger partial charge in [-0.05, 0) is 74.0 Å². The molecule has 6 heteroatoms. The van der Waals surface area contributed by atoms with E-state index in [2.05, 4.69) is 26.7 Å². The standard InChI is InChI=1S/C20H25N3O2S/c24-26(25,19-4-2-1-3-5-19)22-18-14-20(15-18)8-12-23(13-9-20)16-17-6-10-21-11-7-17/h1-7,10-11,18,22H,8-9,12-16H2. The summed E-state index contributed by atoms with van der Waals surface area (Å²) in [5, 5.41) is 0. The lowest BCUT2D eigenvalue weighted by molar-refractivity contribution is 0.0106. The molecule has 1 aromatic carbocycles. The lowest BCUT2D eigenvalue weighted by Gasteiger charge is -2.52. The van der Waals surface area contributed by atoms with Crippen molar-refractivity contribution in [3.63, 3.8) is 0 Å². The number of aromatic nitrogens is 1. The topological polar surface area (TPSA) is 62.3 Å². The highest BCUT2D eigenvalue weighted by molar-refractivity contribution is 7.89. The zero-order chi connectivity index (χ0) is 18.0. The highest BCUT2D eigenvalue weighted by Crippen LogP contribution is 2.49. The van der Waals surface area contributed by atoms with Gasteiger partial charge < -0.3 is 0 Å². The predicted octanol–water partition coefficient (Wildman–Crippen LogP) is 2.80. The molecule has 0 amide bonds. The van der Waals surface area contributed by atoms with Crippen LogP contribution >= 0.6 is 0 Å². The van der Waals surface area contributed by atoms with Gasteiger partial charge in [0.15, 0.2) is 0 Å². The van der Waals surface area contributed by atoms with Crippen LogP contribution < -0.4 is 4.72 Å². The maximum Gasteiger partial charge on any atom is 0.240 e. The van der Waals surface area contributed by atoms with Gasteiger partial charge in [-0.15, -0.1) is 0 Å². The monoisotopic (exact) mass is 371 g/mol. The minimum atomic E-state index is -3.39. The Kier molecular flexibility index (Phi) is 4.82. The zero-order valence-electron chi connectivity index (χ0n) is 14.8. The van der Waals surface area contributed by atoms with E-state index in [0.717, 1.165) is 45.3 Å². The summed E-state index contributed by atoms with van der Waals surface area (Å²) < 4.78 is 27.8. The van der Waals surface area contributed by atoms with Crippen molar-refractivity contribution in [1.82, 2.24) is 14.6 Å². The fraction of sp³-hybridized carbons (Fsp3) is 0.450. The van der Waals surface area contributed by atoms with Crippen LogP contribution in [0.3, 0.4) is 0 Å². The molecule has 1 aromatic heterocycles. The Balaban J connectivity index is 1.27. The van der Waals surface area contributed by atoms with Gasteiger partial charge in [0, 0.05) is 25.0 Å². The second kappa shape index (κ2) is 7.10. The second-order valence-corrected chi connectivity index (χ2v) is 9.39. The van der Waals surface area contributed by atoms with E-state index in [9.17, 15) is 8.42 Å². The first-order chi connectivity index (χ1) is 12.5. The third-order valence-corrected chi connectivity index (χ3v) is 7.34. The van der Waals surface area contributed by atoms with Gasteiger partial charge in [-0.25, -0.2) is 13.1 Å². The molecule has 1 saturated carbocycles. The first kappa shape index (κ1) is 17.6. The Morgan fingerprint density at radius 2 is 1.69 bits per heavy atom. The van der Waals surface area contributed by atoms with Gasteiger partial charge in [-0.3, -0.25) is 9.88 Å². The highest BCUT2D eigenvalue weighted by Gasteiger charge is 2.46. The first-order valence-corrected chi connectivity index (χ1v) is 10.7. The average Bonchev–Trinajstić information content (AvgIpc) is 2.63. The summed E-state index contributed by atoms with van der Waals surface area (Å²) in [5.74, 6) is 0. The number of pyridine rings is 1. The molecule has 2 aliphatic rings. The van der Waals surface area contributed by atoms with Crippen molar-refractivity contribution in [2.45, 2.75) is 43.2 Å². The molecular weight excluding hydrogens is 346 g/mol. The quantitative estimate of drug-likeness (QED) is 0.878. The summed E-state index contributed by atoms with van der Waals surface area (Å²) in [6.07, 6.45) is 7.92. The van der Waals surface area contributed by atoms with E-state index in [0.29, 0.717) is 10.3 Å². The summed E-state index contributed by atoms with van der Waals surface area (Å²) in [7, 11) is -3.39. The van der Waals surface area contributed by atoms with Crippen LogP contribution in [0.25, 0.3) is 0 Å². The van der Waals surface area contributed by atoms with Crippen molar-refractivity contribution in [3.05, 3.63) is 60.4 Å². The smallest absolute Gasteiger partial charge is 0.240 e. The fourth-order valence-corrected chi connectivity index (χ4v) is 5.55. The molecule has 1 aliphatic heterocycles. The number of hydrogen-bond acceptors (Lipinski definition) is 4. The summed E-state index contributed by atoms with van der Waals surface area (Å²) in [5.41, 5.74) is 1.64. The number of benzene rings is 1. The Hall–Kier alpha value is -1.76. The fourth-order valence-electron chi connectivity index (χ4n) is 4.30. The van der Waals surface area contributed by atoms with Gasteiger partial charge in [0.2, 0.25) is 10.0 Å². The number of nitrogens with zero attached hydrogens (tertiary/aromatic N) is 2. The molecule has 1 spiro atoms. The molecule has 1 N–H and O–H groups in total. The largest absolute Gasteiger partial charge is 0.299 e. The van der Waals surface area contributed by atoms with Crippen molar-refractivity contribution < 1.29 is 8.42 Å². The molecule has 1 aliphatic carbocycles. The Labute approximate surface area is 155 Å². The van der Waals surface area contributed by atoms with E-state index in [1.807, 2.05) is 18.5 Å². The van der Waals surface area contributed by atoms with Crippen LogP contribution in [-0.2, 0) is 16.6 Å². The normalized spacial score (nSPS) is 20.8. The molecular formula is C20H25N3O2S. The molecule has 0 bridgehead atoms. The van der Waals surface area contributed by atoms with Gasteiger partial charge in [0.1, 0.15) is 0 Å². The van der Waals surface area contributed by atoms with Gasteiger partial charge in [0.25, 0.3) is 0 Å². The number of piperidine rings is 1. The molecule has 2 aromatic rings. The number of sulfonamides is 1. The van der Waals surface area contributed by atoms with Gasteiger partial charge in [-0.1, -0.05) is 18.2 Å². The van der Waals surface area contributed by atoms with Crippen LogP contribution in [0.5, 0.6) is 0 Å². The molecule has 0 unspecified atom stereocenters. The number of nitrogens with one attached hydrogen (secondary N) is 1. The van der Waals surface area contributed by atoms with Gasteiger partial charge >= 0.3 is 0 Å². The second-order valence-electron chi connectivity index (χ2n) is 7.67. The summed E-state index contributed by atoms with van der Waals surface area (Å²) in [6.45, 7) is 3.14. The van der Waals surface area contributed by atoms with Crippen molar-refractivity contribution in [2.75, 3.05) is 13.1 Å². The van der Waals surface area contributed by atoms with Gasteiger partial charge in [-0.2, -0.15) is 0 Å². The van der Waals surface area contributed by atoms with Crippen LogP contribution in [-0.4, -0.2) is 37.4 Å². The van der Waals surface area contributed by atoms with Crippen LogP contribution in [0.1, 0.15) is 31.2 Å². The maximum atomic E-state index is 12.4. The van der Waals surface area contributed by atoms with Crippen LogP contribution in [0.2, 0.25) is 0 Å². The average molecular weight is 372 g/mol. The summed E-state index contributed by atoms with van der Waals surface area (Å²) in [4.78, 5) is 6.91. The van der Waals surface area contributed by atoms with Gasteiger partial charge in [0.05, 0.1) is 4.90 Å². The molecule has 1 saturated heterocycles. The Morgan fingerprint density at radius 3 is 2.35 bits per heavy atom. The molecule has 2 heterocycles. The van der Waals surface area contributed by atoms with E-state index >= 15 is 0 Å². The third-order valence-electron chi connectivity index (χ3n) is 5.81. The van der Waals surface area contributed by atoms with Crippen LogP contribution in [0.4, 0.5) is 0 Å². The summed E-state index contributed by atoms with van der Waals surface area (Å²) >= 11 is 0. The van der Waals surface area contributed by atoms with Crippen molar-refractivity contribution in [3.8, 4) is 0 Å². The Morgan fingerprint density at radius 1 is 1.04 bits per heavy atom. The number of likely N-dealkylation sites (tertiary alicyclic amines) is 1. The minimum absolute atomic E-state index is 0.0759. The molecule has 26 heavy (non-hydrogen) atoms. The number of hydrogen-bond donors (Lipinski definition) is 1.